The van der Waals surface area contributed by atoms with Gasteiger partial charge in [0.15, 0.2) is 0 Å². The molecule has 0 atom stereocenters. The van der Waals surface area contributed by atoms with E-state index in [2.05, 4.69) is 5.32 Å². The van der Waals surface area contributed by atoms with E-state index in [1.807, 2.05) is 18.2 Å². The zero-order chi connectivity index (χ0) is 15.7. The van der Waals surface area contributed by atoms with E-state index in [1.54, 1.807) is 25.1 Å². The van der Waals surface area contributed by atoms with Crippen molar-refractivity contribution in [2.24, 2.45) is 0 Å². The second-order valence-electron chi connectivity index (χ2n) is 4.94. The summed E-state index contributed by atoms with van der Waals surface area (Å²) < 4.78 is 0. The summed E-state index contributed by atoms with van der Waals surface area (Å²) in [5.74, 6) is -0.974. The summed E-state index contributed by atoms with van der Waals surface area (Å²) in [5.41, 5.74) is 1.66. The number of imide groups is 1. The Kier molecular flexibility index (Phi) is 3.47. The lowest BCUT2D eigenvalue weighted by Gasteiger charge is -2.08. The van der Waals surface area contributed by atoms with Crippen molar-refractivity contribution in [1.29, 1.82) is 0 Å². The number of hydrogen-bond acceptors (Lipinski definition) is 3. The number of fused-ring (bicyclic) bond motifs is 1. The first-order valence-electron chi connectivity index (χ1n) is 6.98. The Hall–Kier alpha value is -2.95. The summed E-state index contributed by atoms with van der Waals surface area (Å²) in [7, 11) is 0. The van der Waals surface area contributed by atoms with Gasteiger partial charge in [0.05, 0.1) is 11.1 Å². The van der Waals surface area contributed by atoms with Gasteiger partial charge in [0, 0.05) is 17.8 Å². The molecule has 1 N–H and O–H groups in total. The van der Waals surface area contributed by atoms with Crippen LogP contribution in [-0.2, 0) is 0 Å². The third kappa shape index (κ3) is 2.26. The summed E-state index contributed by atoms with van der Waals surface area (Å²) >= 11 is 0. The molecule has 2 aromatic carbocycles. The molecular weight excluding hydrogens is 280 g/mol. The van der Waals surface area contributed by atoms with E-state index in [4.69, 9.17) is 0 Å². The fraction of sp³-hybridized carbons (Fsp3) is 0.118. The second-order valence-corrected chi connectivity index (χ2v) is 4.94. The third-order valence-electron chi connectivity index (χ3n) is 3.58. The lowest BCUT2D eigenvalue weighted by Crippen LogP contribution is -2.29. The molecule has 3 rings (SSSR count). The highest BCUT2D eigenvalue weighted by molar-refractivity contribution is 6.22. The van der Waals surface area contributed by atoms with Crippen molar-refractivity contribution in [3.05, 3.63) is 65.2 Å². The maximum Gasteiger partial charge on any atom is 0.261 e. The number of nitrogens with zero attached hydrogens (tertiary/aromatic N) is 1. The van der Waals surface area contributed by atoms with Crippen LogP contribution >= 0.6 is 0 Å². The minimum atomic E-state index is -0.350. The van der Waals surface area contributed by atoms with Gasteiger partial charge in [0.2, 0.25) is 0 Å². The van der Waals surface area contributed by atoms with Gasteiger partial charge in [0.25, 0.3) is 17.7 Å². The first-order valence-corrected chi connectivity index (χ1v) is 6.98. The van der Waals surface area contributed by atoms with Crippen molar-refractivity contribution in [2.75, 3.05) is 11.9 Å². The van der Waals surface area contributed by atoms with Crippen LogP contribution in [0.3, 0.4) is 0 Å². The Morgan fingerprint density at radius 1 is 1.00 bits per heavy atom. The molecule has 1 aliphatic heterocycles. The van der Waals surface area contributed by atoms with Crippen molar-refractivity contribution >= 4 is 23.4 Å². The normalized spacial score (nSPS) is 13.2. The fourth-order valence-corrected chi connectivity index (χ4v) is 2.44. The number of amides is 3. The predicted molar refractivity (Wildman–Crippen MR) is 81.9 cm³/mol. The number of carbonyl (C=O) groups excluding carboxylic acids is 3. The molecule has 3 amide bonds. The molecule has 1 heterocycles. The number of hydrogen-bond donors (Lipinski definition) is 1. The van der Waals surface area contributed by atoms with Crippen LogP contribution in [0.15, 0.2) is 48.5 Å². The van der Waals surface area contributed by atoms with Crippen LogP contribution in [0.4, 0.5) is 5.69 Å². The molecule has 22 heavy (non-hydrogen) atoms. The second kappa shape index (κ2) is 5.44. The molecule has 0 saturated carbocycles. The quantitative estimate of drug-likeness (QED) is 0.885. The zero-order valence-corrected chi connectivity index (χ0v) is 12.0. The number of nitrogens with one attached hydrogen (secondary N) is 1. The summed E-state index contributed by atoms with van der Waals surface area (Å²) in [6.07, 6.45) is 0. The number of rotatable bonds is 3. The maximum absolute atomic E-state index is 12.2. The van der Waals surface area contributed by atoms with Gasteiger partial charge in [-0.1, -0.05) is 18.2 Å². The first-order chi connectivity index (χ1) is 10.6. The monoisotopic (exact) mass is 294 g/mol. The molecule has 110 valence electrons. The Morgan fingerprint density at radius 3 is 2.36 bits per heavy atom. The number of para-hydroxylation sites is 1. The van der Waals surface area contributed by atoms with E-state index >= 15 is 0 Å². The van der Waals surface area contributed by atoms with Crippen LogP contribution in [0.1, 0.15) is 38.0 Å². The highest BCUT2D eigenvalue weighted by atomic mass is 16.2. The Morgan fingerprint density at radius 2 is 1.68 bits per heavy atom. The predicted octanol–water partition coefficient (Wildman–Crippen LogP) is 2.55. The minimum Gasteiger partial charge on any atom is -0.322 e. The van der Waals surface area contributed by atoms with Crippen LogP contribution in [-0.4, -0.2) is 29.2 Å². The summed E-state index contributed by atoms with van der Waals surface area (Å²) in [6, 6.07) is 13.6. The van der Waals surface area contributed by atoms with Gasteiger partial charge in [-0.3, -0.25) is 19.3 Å². The highest BCUT2D eigenvalue weighted by Gasteiger charge is 2.34. The molecule has 0 aromatic heterocycles. The van der Waals surface area contributed by atoms with Crippen LogP contribution in [0.5, 0.6) is 0 Å². The highest BCUT2D eigenvalue weighted by Crippen LogP contribution is 2.24. The molecular formula is C17H14N2O3. The SMILES string of the molecule is CCN1C(=O)c2ccc(C(=O)Nc3ccccc3)cc2C1=O. The van der Waals surface area contributed by atoms with Crippen molar-refractivity contribution in [2.45, 2.75) is 6.92 Å². The molecule has 2 aromatic rings. The van der Waals surface area contributed by atoms with E-state index in [0.29, 0.717) is 23.4 Å². The lowest BCUT2D eigenvalue weighted by atomic mass is 10.1. The van der Waals surface area contributed by atoms with Crippen molar-refractivity contribution < 1.29 is 14.4 Å². The van der Waals surface area contributed by atoms with Gasteiger partial charge in [-0.05, 0) is 37.3 Å². The topological polar surface area (TPSA) is 66.5 Å². The van der Waals surface area contributed by atoms with Crippen molar-refractivity contribution in [3.8, 4) is 0 Å². The molecule has 0 radical (unpaired) electrons. The van der Waals surface area contributed by atoms with Gasteiger partial charge < -0.3 is 5.32 Å². The van der Waals surface area contributed by atoms with E-state index in [1.165, 1.54) is 17.0 Å². The average molecular weight is 294 g/mol. The Bertz CT molecular complexity index is 769. The molecule has 1 aliphatic rings. The van der Waals surface area contributed by atoms with Gasteiger partial charge in [-0.25, -0.2) is 0 Å². The Labute approximate surface area is 127 Å². The molecule has 0 fully saturated rings. The number of benzene rings is 2. The lowest BCUT2D eigenvalue weighted by molar-refractivity contribution is 0.0662. The van der Waals surface area contributed by atoms with Crippen LogP contribution in [0.2, 0.25) is 0 Å². The first kappa shape index (κ1) is 14.0. The average Bonchev–Trinajstić information content (AvgIpc) is 2.79. The molecule has 0 aliphatic carbocycles. The molecule has 0 saturated heterocycles. The number of carbonyl (C=O) groups is 3. The molecule has 5 heteroatoms. The molecule has 0 spiro atoms. The van der Waals surface area contributed by atoms with Gasteiger partial charge >= 0.3 is 0 Å². The van der Waals surface area contributed by atoms with Crippen LogP contribution < -0.4 is 5.32 Å². The summed E-state index contributed by atoms with van der Waals surface area (Å²) in [6.45, 7) is 2.06. The van der Waals surface area contributed by atoms with E-state index in [9.17, 15) is 14.4 Å². The van der Waals surface area contributed by atoms with Gasteiger partial charge in [-0.2, -0.15) is 0 Å². The zero-order valence-electron chi connectivity index (χ0n) is 12.0. The maximum atomic E-state index is 12.2. The minimum absolute atomic E-state index is 0.285. The summed E-state index contributed by atoms with van der Waals surface area (Å²) in [4.78, 5) is 37.6. The molecule has 0 bridgehead atoms. The smallest absolute Gasteiger partial charge is 0.261 e. The van der Waals surface area contributed by atoms with E-state index in [-0.39, 0.29) is 23.3 Å². The summed E-state index contributed by atoms with van der Waals surface area (Å²) in [5, 5.41) is 2.75. The third-order valence-corrected chi connectivity index (χ3v) is 3.58. The van der Waals surface area contributed by atoms with Gasteiger partial charge in [0.1, 0.15) is 0 Å². The van der Waals surface area contributed by atoms with Crippen molar-refractivity contribution in [3.63, 3.8) is 0 Å². The largest absolute Gasteiger partial charge is 0.322 e. The number of anilines is 1. The van der Waals surface area contributed by atoms with E-state index < -0.39 is 0 Å². The standard InChI is InChI=1S/C17H14N2O3/c1-2-19-16(21)13-9-8-11(10-14(13)17(19)22)15(20)18-12-6-4-3-5-7-12/h3-10H,2H2,1H3,(H,18,20). The van der Waals surface area contributed by atoms with Crippen LogP contribution in [0.25, 0.3) is 0 Å². The van der Waals surface area contributed by atoms with Crippen LogP contribution in [0, 0.1) is 0 Å². The Balaban J connectivity index is 1.89. The van der Waals surface area contributed by atoms with E-state index in [0.717, 1.165) is 0 Å². The molecule has 0 unspecified atom stereocenters. The fourth-order valence-electron chi connectivity index (χ4n) is 2.44. The molecule has 5 nitrogen and oxygen atoms in total. The van der Waals surface area contributed by atoms with Gasteiger partial charge in [-0.15, -0.1) is 0 Å². The van der Waals surface area contributed by atoms with Crippen molar-refractivity contribution in [1.82, 2.24) is 4.90 Å².